The second-order valence-corrected chi connectivity index (χ2v) is 16.2. The van der Waals surface area contributed by atoms with Gasteiger partial charge in [0.15, 0.2) is 0 Å². The Kier molecular flexibility index (Phi) is 10.2. The number of β-amino-alcohol motifs (C(OH)–C–C–N with tert-alkyl or cyclic N) is 1. The minimum Gasteiger partial charge on any atom is -0.598 e. The van der Waals surface area contributed by atoms with Gasteiger partial charge < -0.3 is 25.2 Å². The van der Waals surface area contributed by atoms with Gasteiger partial charge in [0.1, 0.15) is 22.1 Å². The molecule has 4 aromatic carbocycles. The number of carbonyl (C=O) groups excluding carboxylic acids is 2. The number of urea groups is 1. The summed E-state index contributed by atoms with van der Waals surface area (Å²) >= 11 is -1.57. The van der Waals surface area contributed by atoms with Gasteiger partial charge in [-0.25, -0.2) is 9.18 Å². The fraction of sp³-hybridized carbons (Fsp3) is 0.359. The number of hydrogen-bond acceptors (Lipinski definition) is 6. The Balaban J connectivity index is 1.32. The molecule has 1 heterocycles. The van der Waals surface area contributed by atoms with Gasteiger partial charge in [-0.2, -0.15) is 5.26 Å². The Morgan fingerprint density at radius 1 is 0.980 bits per heavy atom. The summed E-state index contributed by atoms with van der Waals surface area (Å²) in [7, 11) is 0. The largest absolute Gasteiger partial charge is 0.598 e. The summed E-state index contributed by atoms with van der Waals surface area (Å²) in [4.78, 5) is 28.6. The zero-order chi connectivity index (χ0) is 35.6. The number of carbonyl (C=O) groups is 2. The number of halogens is 1. The van der Waals surface area contributed by atoms with Crippen LogP contribution in [0.2, 0.25) is 0 Å². The minimum atomic E-state index is -1.57. The van der Waals surface area contributed by atoms with Crippen molar-refractivity contribution in [1.29, 1.82) is 5.26 Å². The van der Waals surface area contributed by atoms with Gasteiger partial charge >= 0.3 is 6.03 Å². The first-order chi connectivity index (χ1) is 23.9. The van der Waals surface area contributed by atoms with Crippen LogP contribution in [-0.4, -0.2) is 49.9 Å². The van der Waals surface area contributed by atoms with E-state index in [1.165, 1.54) is 17.0 Å². The van der Waals surface area contributed by atoms with Crippen LogP contribution in [0.3, 0.4) is 0 Å². The first-order valence-corrected chi connectivity index (χ1v) is 18.1. The van der Waals surface area contributed by atoms with Gasteiger partial charge in [-0.05, 0) is 86.4 Å². The number of benzene rings is 4. The van der Waals surface area contributed by atoms with Gasteiger partial charge in [0, 0.05) is 29.7 Å². The molecule has 0 radical (unpaired) electrons. The molecule has 0 spiro atoms. The molecule has 6 rings (SSSR count). The molecule has 1 saturated heterocycles. The predicted molar refractivity (Wildman–Crippen MR) is 194 cm³/mol. The number of aliphatic hydroxyl groups excluding tert-OH is 1. The molecule has 4 aromatic rings. The lowest BCUT2D eigenvalue weighted by Crippen LogP contribution is -2.52. The van der Waals surface area contributed by atoms with Crippen molar-refractivity contribution in [3.8, 4) is 6.07 Å². The van der Waals surface area contributed by atoms with Crippen molar-refractivity contribution in [1.82, 2.24) is 9.62 Å². The normalized spacial score (nSPS) is 19.4. The fourth-order valence-corrected chi connectivity index (χ4v) is 7.49. The Morgan fingerprint density at radius 3 is 2.44 bits per heavy atom. The lowest BCUT2D eigenvalue weighted by atomic mass is 9.79. The molecule has 1 aliphatic heterocycles. The maximum Gasteiger partial charge on any atom is 0.322 e. The lowest BCUT2D eigenvalue weighted by Gasteiger charge is -2.39. The van der Waals surface area contributed by atoms with Crippen LogP contribution in [0.15, 0.2) is 84.9 Å². The molecule has 9 nitrogen and oxygen atoms in total. The van der Waals surface area contributed by atoms with Crippen LogP contribution in [0.4, 0.5) is 20.6 Å². The van der Waals surface area contributed by atoms with E-state index in [0.717, 1.165) is 30.0 Å². The van der Waals surface area contributed by atoms with E-state index >= 15 is 4.39 Å². The molecule has 2 aliphatic rings. The predicted octanol–water partition coefficient (Wildman–Crippen LogP) is 6.94. The molecule has 4 atom stereocenters. The maximum atomic E-state index is 15.6. The minimum absolute atomic E-state index is 0.0193. The number of likely N-dealkylation sites (tertiary alicyclic amines) is 1. The van der Waals surface area contributed by atoms with E-state index < -0.39 is 51.5 Å². The quantitative estimate of drug-likeness (QED) is 0.133. The van der Waals surface area contributed by atoms with Crippen molar-refractivity contribution < 1.29 is 23.6 Å². The molecular weight excluding hydrogens is 654 g/mol. The third-order valence-corrected chi connectivity index (χ3v) is 11.2. The molecule has 1 aliphatic carbocycles. The Hall–Kier alpha value is -4.47. The van der Waals surface area contributed by atoms with Crippen LogP contribution in [0.1, 0.15) is 69.6 Å². The van der Waals surface area contributed by atoms with Crippen LogP contribution in [0.25, 0.3) is 10.8 Å². The Bertz CT molecular complexity index is 1930. The highest BCUT2D eigenvalue weighted by Crippen LogP contribution is 2.43. The second-order valence-electron chi connectivity index (χ2n) is 14.3. The zero-order valence-corrected chi connectivity index (χ0v) is 29.2. The Labute approximate surface area is 295 Å². The number of hydrogen-bond donors (Lipinski definition) is 4. The lowest BCUT2D eigenvalue weighted by molar-refractivity contribution is -0.119. The SMILES string of the molecule is CC(C)(C)[S@@+]([O-])NC(CCC1CC1)(c1cccc(C#N)c1)c1ccc(F)c(NC(=O)[C@H]2C[C@@H](O)CN2C(=O)Nc2cccc3ccccc23)c1. The van der Waals surface area contributed by atoms with E-state index in [4.69, 9.17) is 0 Å². The van der Waals surface area contributed by atoms with Gasteiger partial charge in [0.25, 0.3) is 0 Å². The van der Waals surface area contributed by atoms with E-state index in [-0.39, 0.29) is 18.7 Å². The zero-order valence-electron chi connectivity index (χ0n) is 28.4. The molecule has 0 bridgehead atoms. The topological polar surface area (TPSA) is 141 Å². The Morgan fingerprint density at radius 2 is 1.70 bits per heavy atom. The molecular formula is C39H42FN5O4S. The third-order valence-electron chi connectivity index (χ3n) is 9.52. The first kappa shape index (κ1) is 35.4. The van der Waals surface area contributed by atoms with E-state index in [1.54, 1.807) is 30.3 Å². The molecule has 50 heavy (non-hydrogen) atoms. The number of amides is 3. The molecule has 1 saturated carbocycles. The van der Waals surface area contributed by atoms with Crippen LogP contribution < -0.4 is 15.4 Å². The summed E-state index contributed by atoms with van der Waals surface area (Å²) in [6.45, 7) is 5.52. The van der Waals surface area contributed by atoms with Gasteiger partial charge in [0.2, 0.25) is 5.91 Å². The number of aliphatic hydroxyl groups is 1. The summed E-state index contributed by atoms with van der Waals surface area (Å²) in [5, 5.41) is 27.7. The highest BCUT2D eigenvalue weighted by atomic mass is 32.2. The fourth-order valence-electron chi connectivity index (χ4n) is 6.53. The molecule has 260 valence electrons. The number of nitrogens with zero attached hydrogens (tertiary/aromatic N) is 2. The number of nitrogens with one attached hydrogen (secondary N) is 3. The highest BCUT2D eigenvalue weighted by Gasteiger charge is 2.44. The number of anilines is 2. The molecule has 2 fully saturated rings. The highest BCUT2D eigenvalue weighted by molar-refractivity contribution is 7.90. The molecule has 0 aromatic heterocycles. The second kappa shape index (κ2) is 14.4. The van der Waals surface area contributed by atoms with E-state index in [2.05, 4.69) is 21.4 Å². The van der Waals surface area contributed by atoms with Gasteiger partial charge in [-0.3, -0.25) is 4.79 Å². The summed E-state index contributed by atoms with van der Waals surface area (Å²) in [5.41, 5.74) is 1.07. The maximum absolute atomic E-state index is 15.6. The summed E-state index contributed by atoms with van der Waals surface area (Å²) in [6, 6.07) is 25.2. The van der Waals surface area contributed by atoms with E-state index in [9.17, 15) is 24.5 Å². The van der Waals surface area contributed by atoms with Crippen molar-refractivity contribution >= 4 is 45.4 Å². The summed E-state index contributed by atoms with van der Waals surface area (Å²) < 4.78 is 32.1. The van der Waals surface area contributed by atoms with Crippen molar-refractivity contribution in [2.45, 2.75) is 75.3 Å². The van der Waals surface area contributed by atoms with Gasteiger partial charge in [-0.1, -0.05) is 67.4 Å². The van der Waals surface area contributed by atoms with Crippen LogP contribution in [-0.2, 0) is 21.7 Å². The van der Waals surface area contributed by atoms with Crippen molar-refractivity contribution in [2.24, 2.45) is 5.92 Å². The standard InChI is InChI=1S/C39H42FN5O4S/c1-38(2,3)50(49)44-39(19-18-25-14-15-25,28-11-6-8-26(20-28)23-41)29-16-17-32(40)34(21-29)42-36(47)35-22-30(46)24-45(35)37(48)43-33-13-7-10-27-9-4-5-12-31(27)33/h4-13,16-17,20-21,25,30,35,44,46H,14-15,18-19,22,24H2,1-3H3,(H,42,47)(H,43,48)/t30-,35-,39?,50-/m1/s1. The molecule has 1 unspecified atom stereocenters. The average Bonchev–Trinajstić information content (AvgIpc) is 3.85. The van der Waals surface area contributed by atoms with Crippen LogP contribution >= 0.6 is 0 Å². The summed E-state index contributed by atoms with van der Waals surface area (Å²) in [5.74, 6) is -0.823. The first-order valence-electron chi connectivity index (χ1n) is 16.9. The van der Waals surface area contributed by atoms with Gasteiger partial charge in [0.05, 0.1) is 29.1 Å². The molecule has 11 heteroatoms. The van der Waals surface area contributed by atoms with E-state index in [1.807, 2.05) is 63.2 Å². The third kappa shape index (κ3) is 7.64. The number of fused-ring (bicyclic) bond motifs is 1. The average molecular weight is 696 g/mol. The van der Waals surface area contributed by atoms with Crippen LogP contribution in [0.5, 0.6) is 0 Å². The van der Waals surface area contributed by atoms with E-state index in [0.29, 0.717) is 34.7 Å². The van der Waals surface area contributed by atoms with Gasteiger partial charge in [-0.15, -0.1) is 4.72 Å². The molecule has 3 amide bonds. The number of nitriles is 1. The monoisotopic (exact) mass is 695 g/mol. The van der Waals surface area contributed by atoms with Crippen LogP contribution in [0, 0.1) is 23.1 Å². The number of rotatable bonds is 10. The summed E-state index contributed by atoms with van der Waals surface area (Å²) in [6.07, 6.45) is 2.56. The van der Waals surface area contributed by atoms with Crippen molar-refractivity contribution in [3.05, 3.63) is 107 Å². The molecule has 4 N–H and O–H groups in total. The van der Waals surface area contributed by atoms with Crippen molar-refractivity contribution in [3.63, 3.8) is 0 Å². The smallest absolute Gasteiger partial charge is 0.322 e. The van der Waals surface area contributed by atoms with Crippen molar-refractivity contribution in [2.75, 3.05) is 17.2 Å².